The number of anilines is 1. The minimum atomic E-state index is -0.398. The lowest BCUT2D eigenvalue weighted by atomic mass is 10.0. The highest BCUT2D eigenvalue weighted by atomic mass is 16.5. The second-order valence-corrected chi connectivity index (χ2v) is 4.95. The zero-order chi connectivity index (χ0) is 13.8. The van der Waals surface area contributed by atoms with Crippen LogP contribution in [0.25, 0.3) is 0 Å². The van der Waals surface area contributed by atoms with Gasteiger partial charge in [-0.25, -0.2) is 0 Å². The van der Waals surface area contributed by atoms with Crippen LogP contribution >= 0.6 is 0 Å². The molecule has 18 heavy (non-hydrogen) atoms. The number of amides is 1. The van der Waals surface area contributed by atoms with E-state index in [-0.39, 0.29) is 5.91 Å². The van der Waals surface area contributed by atoms with Crippen LogP contribution in [0.3, 0.4) is 0 Å². The van der Waals surface area contributed by atoms with Crippen molar-refractivity contribution in [1.29, 1.82) is 0 Å². The molecule has 1 amide bonds. The summed E-state index contributed by atoms with van der Waals surface area (Å²) in [6.07, 6.45) is 0. The molecule has 4 N–H and O–H groups in total. The highest BCUT2D eigenvalue weighted by Crippen LogP contribution is 2.16. The molecule has 0 saturated heterocycles. The molecule has 0 unspecified atom stereocenters. The third-order valence-electron chi connectivity index (χ3n) is 2.60. The van der Waals surface area contributed by atoms with Gasteiger partial charge in [0.2, 0.25) is 0 Å². The highest BCUT2D eigenvalue weighted by molar-refractivity contribution is 5.95. The van der Waals surface area contributed by atoms with Crippen molar-refractivity contribution < 1.29 is 9.53 Å². The molecule has 0 atom stereocenters. The lowest BCUT2D eigenvalue weighted by molar-refractivity contribution is 0.0820. The van der Waals surface area contributed by atoms with Gasteiger partial charge in [-0.15, -0.1) is 0 Å². The van der Waals surface area contributed by atoms with Crippen LogP contribution in [0.15, 0.2) is 18.2 Å². The third kappa shape index (κ3) is 3.72. The van der Waals surface area contributed by atoms with Crippen molar-refractivity contribution in [3.8, 4) is 0 Å². The largest absolute Gasteiger partial charge is 0.382 e. The molecule has 0 fully saturated rings. The molecule has 5 nitrogen and oxygen atoms in total. The number of hydrogen-bond donors (Lipinski definition) is 3. The summed E-state index contributed by atoms with van der Waals surface area (Å²) in [6.45, 7) is 6.18. The van der Waals surface area contributed by atoms with E-state index in [9.17, 15) is 4.79 Å². The number of nitrogen functional groups attached to an aromatic ring is 1. The van der Waals surface area contributed by atoms with Crippen LogP contribution in [0.5, 0.6) is 0 Å². The van der Waals surface area contributed by atoms with E-state index in [0.717, 1.165) is 11.3 Å². The van der Waals surface area contributed by atoms with Gasteiger partial charge in [-0.3, -0.25) is 10.6 Å². The normalized spacial score (nSPS) is 11.2. The Hall–Kier alpha value is -1.59. The molecule has 0 radical (unpaired) electrons. The van der Waals surface area contributed by atoms with Gasteiger partial charge in [0.15, 0.2) is 0 Å². The van der Waals surface area contributed by atoms with Gasteiger partial charge in [0.05, 0.1) is 17.8 Å². The summed E-state index contributed by atoms with van der Waals surface area (Å²) in [7, 11) is 1.61. The van der Waals surface area contributed by atoms with E-state index in [1.807, 2.05) is 20.8 Å². The van der Waals surface area contributed by atoms with Crippen LogP contribution < -0.4 is 16.6 Å². The molecular weight excluding hydrogens is 230 g/mol. The van der Waals surface area contributed by atoms with Gasteiger partial charge >= 0.3 is 0 Å². The van der Waals surface area contributed by atoms with E-state index in [2.05, 4.69) is 10.7 Å². The summed E-state index contributed by atoms with van der Waals surface area (Å²) in [5, 5.41) is 2.92. The fourth-order valence-electron chi connectivity index (χ4n) is 1.74. The third-order valence-corrected chi connectivity index (χ3v) is 2.60. The molecule has 0 aliphatic rings. The van der Waals surface area contributed by atoms with Crippen molar-refractivity contribution in [2.24, 2.45) is 5.84 Å². The van der Waals surface area contributed by atoms with Gasteiger partial charge < -0.3 is 15.5 Å². The monoisotopic (exact) mass is 251 g/mol. The van der Waals surface area contributed by atoms with Gasteiger partial charge in [0.25, 0.3) is 5.91 Å². The Morgan fingerprint density at radius 3 is 2.61 bits per heavy atom. The van der Waals surface area contributed by atoms with E-state index in [1.165, 1.54) is 0 Å². The van der Waals surface area contributed by atoms with E-state index < -0.39 is 5.54 Å². The molecule has 0 aromatic heterocycles. The molecule has 0 aliphatic heterocycles. The van der Waals surface area contributed by atoms with E-state index in [1.54, 1.807) is 25.3 Å². The summed E-state index contributed by atoms with van der Waals surface area (Å²) in [4.78, 5) is 12.1. The Balaban J connectivity index is 2.82. The van der Waals surface area contributed by atoms with Crippen LogP contribution in [0.2, 0.25) is 0 Å². The Labute approximate surface area is 108 Å². The molecule has 0 heterocycles. The van der Waals surface area contributed by atoms with Gasteiger partial charge in [-0.05, 0) is 44.5 Å². The van der Waals surface area contributed by atoms with Crippen molar-refractivity contribution in [2.45, 2.75) is 26.3 Å². The number of aryl methyl sites for hydroxylation is 1. The van der Waals surface area contributed by atoms with Crippen molar-refractivity contribution in [3.63, 3.8) is 0 Å². The molecule has 0 bridgehead atoms. The maximum atomic E-state index is 12.1. The summed E-state index contributed by atoms with van der Waals surface area (Å²) in [6, 6.07) is 5.32. The first-order valence-corrected chi connectivity index (χ1v) is 5.78. The van der Waals surface area contributed by atoms with Crippen LogP contribution in [0.4, 0.5) is 5.69 Å². The minimum absolute atomic E-state index is 0.122. The number of methoxy groups -OCH3 is 1. The first kappa shape index (κ1) is 14.5. The quantitative estimate of drug-likeness (QED) is 0.546. The van der Waals surface area contributed by atoms with Crippen molar-refractivity contribution in [3.05, 3.63) is 29.3 Å². The Morgan fingerprint density at radius 1 is 1.44 bits per heavy atom. The van der Waals surface area contributed by atoms with Gasteiger partial charge in [0, 0.05) is 12.7 Å². The molecule has 0 spiro atoms. The standard InChI is InChI=1S/C13H21N3O2/c1-9-7-10(5-6-11(9)16-14)12(17)15-13(2,3)8-18-4/h5-7,16H,8,14H2,1-4H3,(H,15,17). The zero-order valence-electron chi connectivity index (χ0n) is 11.3. The fraction of sp³-hybridized carbons (Fsp3) is 0.462. The number of benzene rings is 1. The highest BCUT2D eigenvalue weighted by Gasteiger charge is 2.21. The van der Waals surface area contributed by atoms with Crippen LogP contribution in [0.1, 0.15) is 29.8 Å². The number of hydrogen-bond acceptors (Lipinski definition) is 4. The topological polar surface area (TPSA) is 76.4 Å². The summed E-state index contributed by atoms with van der Waals surface area (Å²) >= 11 is 0. The summed E-state index contributed by atoms with van der Waals surface area (Å²) in [5.41, 5.74) is 4.52. The Kier molecular flexibility index (Phi) is 4.69. The molecule has 0 aliphatic carbocycles. The predicted octanol–water partition coefficient (Wildman–Crippen LogP) is 1.44. The van der Waals surface area contributed by atoms with E-state index >= 15 is 0 Å². The maximum absolute atomic E-state index is 12.1. The number of carbonyl (C=O) groups excluding carboxylic acids is 1. The lowest BCUT2D eigenvalue weighted by Gasteiger charge is -2.25. The average Bonchev–Trinajstić information content (AvgIpc) is 2.28. The number of nitrogens with two attached hydrogens (primary N) is 1. The molecule has 5 heteroatoms. The van der Waals surface area contributed by atoms with Crippen LogP contribution in [-0.2, 0) is 4.74 Å². The molecular formula is C13H21N3O2. The number of nitrogens with one attached hydrogen (secondary N) is 2. The van der Waals surface area contributed by atoms with E-state index in [4.69, 9.17) is 10.6 Å². The van der Waals surface area contributed by atoms with Gasteiger partial charge in [0.1, 0.15) is 0 Å². The maximum Gasteiger partial charge on any atom is 0.251 e. The van der Waals surface area contributed by atoms with Crippen molar-refractivity contribution in [1.82, 2.24) is 5.32 Å². The molecule has 1 aromatic carbocycles. The summed E-state index contributed by atoms with van der Waals surface area (Å²) in [5.74, 6) is 5.23. The van der Waals surface area contributed by atoms with Crippen molar-refractivity contribution in [2.75, 3.05) is 19.1 Å². The Bertz CT molecular complexity index is 430. The molecule has 100 valence electrons. The molecule has 0 saturated carbocycles. The molecule has 1 rings (SSSR count). The number of carbonyl (C=O) groups is 1. The second-order valence-electron chi connectivity index (χ2n) is 4.95. The number of ether oxygens (including phenoxy) is 1. The van der Waals surface area contributed by atoms with Gasteiger partial charge in [-0.1, -0.05) is 0 Å². The first-order chi connectivity index (χ1) is 8.39. The van der Waals surface area contributed by atoms with Gasteiger partial charge in [-0.2, -0.15) is 0 Å². The first-order valence-electron chi connectivity index (χ1n) is 5.78. The summed E-state index contributed by atoms with van der Waals surface area (Å²) < 4.78 is 5.06. The zero-order valence-corrected chi connectivity index (χ0v) is 11.3. The lowest BCUT2D eigenvalue weighted by Crippen LogP contribution is -2.46. The fourth-order valence-corrected chi connectivity index (χ4v) is 1.74. The van der Waals surface area contributed by atoms with Crippen molar-refractivity contribution >= 4 is 11.6 Å². The molecule has 1 aromatic rings. The van der Waals surface area contributed by atoms with Crippen LogP contribution in [0, 0.1) is 6.92 Å². The second kappa shape index (κ2) is 5.84. The average molecular weight is 251 g/mol. The smallest absolute Gasteiger partial charge is 0.251 e. The van der Waals surface area contributed by atoms with Crippen LogP contribution in [-0.4, -0.2) is 25.2 Å². The minimum Gasteiger partial charge on any atom is -0.382 e. The van der Waals surface area contributed by atoms with E-state index in [0.29, 0.717) is 12.2 Å². The number of rotatable bonds is 5. The predicted molar refractivity (Wildman–Crippen MR) is 72.4 cm³/mol. The SMILES string of the molecule is COCC(C)(C)NC(=O)c1ccc(NN)c(C)c1. The Morgan fingerprint density at radius 2 is 2.11 bits per heavy atom. The number of hydrazine groups is 1.